The van der Waals surface area contributed by atoms with Gasteiger partial charge in [-0.05, 0) is 92.8 Å². The van der Waals surface area contributed by atoms with E-state index in [0.29, 0.717) is 35.4 Å². The van der Waals surface area contributed by atoms with E-state index in [0.717, 1.165) is 43.0 Å². The van der Waals surface area contributed by atoms with Gasteiger partial charge in [-0.3, -0.25) is 10.1 Å². The summed E-state index contributed by atoms with van der Waals surface area (Å²) < 4.78 is 28.2. The lowest BCUT2D eigenvalue weighted by Crippen LogP contribution is -1.94. The molecule has 0 aliphatic rings. The number of hydrogen-bond acceptors (Lipinski definition) is 7. The van der Waals surface area contributed by atoms with E-state index < -0.39 is 8.60 Å². The molecule has 0 unspecified atom stereocenters. The lowest BCUT2D eigenvalue weighted by molar-refractivity contribution is -0.385. The van der Waals surface area contributed by atoms with Gasteiger partial charge in [-0.25, -0.2) is 0 Å². The molecule has 7 rings (SSSR count). The highest BCUT2D eigenvalue weighted by Gasteiger charge is 2.22. The second kappa shape index (κ2) is 22.1. The Morgan fingerprint density at radius 3 is 1.88 bits per heavy atom. The summed E-state index contributed by atoms with van der Waals surface area (Å²) in [5.41, 5.74) is 4.89. The Bertz CT molecular complexity index is 2090. The first kappa shape index (κ1) is 42.3. The minimum absolute atomic E-state index is 0.0500. The van der Waals surface area contributed by atoms with E-state index >= 15 is 0 Å². The molecule has 50 heavy (non-hydrogen) atoms. The van der Waals surface area contributed by atoms with Crippen molar-refractivity contribution in [3.8, 4) is 11.1 Å². The maximum Gasteiger partial charge on any atom is 0.332 e. The number of aromatic amines is 1. The molecular weight excluding hydrogens is 1020 g/mol. The summed E-state index contributed by atoms with van der Waals surface area (Å²) in [5.74, 6) is 0. The van der Waals surface area contributed by atoms with Gasteiger partial charge in [0.15, 0.2) is 0 Å². The zero-order valence-electron chi connectivity index (χ0n) is 28.0. The number of furan rings is 2. The molecule has 3 heterocycles. The predicted molar refractivity (Wildman–Crippen MR) is 231 cm³/mol. The molecule has 14 heteroatoms. The lowest BCUT2D eigenvalue weighted by atomic mass is 10.0. The van der Waals surface area contributed by atoms with Crippen molar-refractivity contribution in [2.24, 2.45) is 0 Å². The van der Waals surface area contributed by atoms with E-state index in [2.05, 4.69) is 94.2 Å². The standard InChI is InChI=1S/C14H8BrNO3.C14H8BrNO.C6H15O3P.2CH3I/c15-12-6-3-5-10(14(12)16(17)18)11-8-19-13-7-2-1-4-9(11)13;15-10-6-3-5-9-12-8-4-1-2-7-11(8)17-14(12)16-13(9)10;1-4-7-10(8-5-2)9-6-3;2*1-2/h1-8H;1-7,16H;4-6H2,1-3H3;2*1H3. The predicted octanol–water partition coefficient (Wildman–Crippen LogP) is 14.0. The Kier molecular flexibility index (Phi) is 18.7. The molecule has 0 saturated carbocycles. The Hall–Kier alpha value is -2.11. The lowest BCUT2D eigenvalue weighted by Gasteiger charge is -2.12. The van der Waals surface area contributed by atoms with E-state index in [1.807, 2.05) is 85.2 Å². The van der Waals surface area contributed by atoms with Crippen LogP contribution in [-0.4, -0.2) is 39.6 Å². The zero-order chi connectivity index (χ0) is 36.6. The zero-order valence-corrected chi connectivity index (χ0v) is 36.4. The van der Waals surface area contributed by atoms with Crippen molar-refractivity contribution in [2.45, 2.75) is 20.8 Å². The average Bonchev–Trinajstić information content (AvgIpc) is 3.84. The van der Waals surface area contributed by atoms with E-state index in [4.69, 9.17) is 22.4 Å². The van der Waals surface area contributed by atoms with Crippen molar-refractivity contribution < 1.29 is 27.3 Å². The van der Waals surface area contributed by atoms with Crippen molar-refractivity contribution in [3.05, 3.63) is 110 Å². The van der Waals surface area contributed by atoms with Gasteiger partial charge in [-0.2, -0.15) is 0 Å². The maximum atomic E-state index is 11.2. The Morgan fingerprint density at radius 1 is 0.720 bits per heavy atom. The Balaban J connectivity index is 0.000000202. The van der Waals surface area contributed by atoms with Gasteiger partial charge in [-0.15, -0.1) is 0 Å². The third kappa shape index (κ3) is 10.5. The van der Waals surface area contributed by atoms with Crippen molar-refractivity contribution >= 4 is 135 Å². The van der Waals surface area contributed by atoms with Crippen molar-refractivity contribution in [1.29, 1.82) is 0 Å². The first-order chi connectivity index (χ1) is 24.4. The normalized spacial score (nSPS) is 10.5. The minimum Gasteiger partial charge on any atom is -0.464 e. The van der Waals surface area contributed by atoms with Crippen LogP contribution in [0.5, 0.6) is 0 Å². The van der Waals surface area contributed by atoms with Gasteiger partial charge in [-0.1, -0.05) is 99.8 Å². The number of benzene rings is 4. The first-order valence-corrected chi connectivity index (χ1v) is 22.3. The number of halogens is 4. The number of nitrogens with zero attached hydrogens (tertiary/aromatic N) is 1. The Labute approximate surface area is 336 Å². The van der Waals surface area contributed by atoms with Crippen LogP contribution in [0.1, 0.15) is 20.8 Å². The van der Waals surface area contributed by atoms with Gasteiger partial charge in [0, 0.05) is 26.2 Å². The van der Waals surface area contributed by atoms with E-state index in [1.165, 1.54) is 5.39 Å². The van der Waals surface area contributed by atoms with Crippen molar-refractivity contribution in [2.75, 3.05) is 29.7 Å². The maximum absolute atomic E-state index is 11.2. The summed E-state index contributed by atoms with van der Waals surface area (Å²) in [5, 5.41) is 15.6. The molecule has 0 spiro atoms. The molecule has 1 N–H and O–H groups in total. The molecule has 0 atom stereocenters. The van der Waals surface area contributed by atoms with Crippen LogP contribution in [0.25, 0.3) is 55.1 Å². The van der Waals surface area contributed by atoms with Gasteiger partial charge in [0.25, 0.3) is 5.69 Å². The van der Waals surface area contributed by atoms with E-state index in [1.54, 1.807) is 24.5 Å². The van der Waals surface area contributed by atoms with Gasteiger partial charge in [0.05, 0.1) is 51.9 Å². The van der Waals surface area contributed by atoms with Gasteiger partial charge in [0.2, 0.25) is 5.71 Å². The quantitative estimate of drug-likeness (QED) is 0.0530. The highest BCUT2D eigenvalue weighted by molar-refractivity contribution is 14.1. The molecule has 0 saturated heterocycles. The van der Waals surface area contributed by atoms with Crippen LogP contribution in [0, 0.1) is 10.1 Å². The molecular formula is C36H37Br2I2N2O7P. The highest BCUT2D eigenvalue weighted by atomic mass is 127. The molecule has 0 amide bonds. The van der Waals surface area contributed by atoms with E-state index in [-0.39, 0.29) is 10.6 Å². The molecule has 0 aliphatic heterocycles. The van der Waals surface area contributed by atoms with Crippen LogP contribution in [0.3, 0.4) is 0 Å². The van der Waals surface area contributed by atoms with Crippen molar-refractivity contribution in [3.63, 3.8) is 0 Å². The number of nitro benzene ring substituents is 1. The number of nitro groups is 1. The number of H-pyrrole nitrogens is 1. The number of nitrogens with one attached hydrogen (secondary N) is 1. The number of aromatic nitrogens is 1. The number of alkyl halides is 2. The number of rotatable bonds is 8. The second-order valence-electron chi connectivity index (χ2n) is 9.61. The third-order valence-electron chi connectivity index (χ3n) is 6.76. The third-order valence-corrected chi connectivity index (χ3v) is 9.47. The topological polar surface area (TPSA) is 113 Å². The molecule has 3 aromatic heterocycles. The van der Waals surface area contributed by atoms with Crippen LogP contribution in [0.15, 0.2) is 109 Å². The van der Waals surface area contributed by atoms with Crippen molar-refractivity contribution in [1.82, 2.24) is 4.98 Å². The monoisotopic (exact) mass is 1050 g/mol. The molecule has 0 fully saturated rings. The SMILES string of the molecule is Brc1cccc2c1[nH]c1oc3ccccc3c12.CCOP(OCC)OCC.CI.CI.O=[N+]([O-])c1c(Br)cccc1-c1coc2ccccc12. The molecule has 7 aromatic rings. The largest absolute Gasteiger partial charge is 0.464 e. The summed E-state index contributed by atoms with van der Waals surface area (Å²) >= 11 is 11.1. The van der Waals surface area contributed by atoms with E-state index in [9.17, 15) is 10.1 Å². The first-order valence-electron chi connectivity index (χ1n) is 15.3. The molecule has 266 valence electrons. The fourth-order valence-electron chi connectivity index (χ4n) is 4.91. The van der Waals surface area contributed by atoms with Crippen LogP contribution < -0.4 is 0 Å². The van der Waals surface area contributed by atoms with Crippen LogP contribution in [-0.2, 0) is 13.6 Å². The summed E-state index contributed by atoms with van der Waals surface area (Å²) in [6.45, 7) is 7.71. The smallest absolute Gasteiger partial charge is 0.332 e. The number of hydrogen-bond donors (Lipinski definition) is 1. The molecule has 4 aromatic carbocycles. The highest BCUT2D eigenvalue weighted by Crippen LogP contribution is 2.40. The Morgan fingerprint density at radius 2 is 1.26 bits per heavy atom. The molecule has 9 nitrogen and oxygen atoms in total. The average molecular weight is 1050 g/mol. The van der Waals surface area contributed by atoms with Crippen LogP contribution in [0.4, 0.5) is 5.69 Å². The van der Waals surface area contributed by atoms with Gasteiger partial charge < -0.3 is 27.4 Å². The van der Waals surface area contributed by atoms with Gasteiger partial charge >= 0.3 is 8.60 Å². The number of fused-ring (bicyclic) bond motifs is 6. The fraction of sp³-hybridized carbons (Fsp3) is 0.222. The summed E-state index contributed by atoms with van der Waals surface area (Å²) in [4.78, 5) is 18.1. The molecule has 0 bridgehead atoms. The number of para-hydroxylation sites is 4. The molecule has 0 radical (unpaired) electrons. The summed E-state index contributed by atoms with van der Waals surface area (Å²) in [7, 11) is -1.06. The minimum atomic E-state index is -1.06. The van der Waals surface area contributed by atoms with Crippen LogP contribution >= 0.6 is 85.6 Å². The van der Waals surface area contributed by atoms with Crippen LogP contribution in [0.2, 0.25) is 0 Å². The van der Waals surface area contributed by atoms with Gasteiger partial charge in [0.1, 0.15) is 11.2 Å². The summed E-state index contributed by atoms with van der Waals surface area (Å²) in [6, 6.07) is 26.9. The second-order valence-corrected chi connectivity index (χ2v) is 12.5. The summed E-state index contributed by atoms with van der Waals surface area (Å²) in [6.07, 6.45) is 1.56. The molecule has 0 aliphatic carbocycles. The fourth-order valence-corrected chi connectivity index (χ4v) is 6.74.